The van der Waals surface area contributed by atoms with E-state index < -0.39 is 0 Å². The van der Waals surface area contributed by atoms with E-state index in [4.69, 9.17) is 0 Å². The van der Waals surface area contributed by atoms with Gasteiger partial charge in [0.1, 0.15) is 0 Å². The van der Waals surface area contributed by atoms with Crippen LogP contribution in [0.4, 0.5) is 0 Å². The van der Waals surface area contributed by atoms with Gasteiger partial charge < -0.3 is 0 Å². The number of hydrogen-bond acceptors (Lipinski definition) is 1. The lowest BCUT2D eigenvalue weighted by Gasteiger charge is -2.08. The minimum absolute atomic E-state index is 0.672. The Labute approximate surface area is 77.7 Å². The molecule has 0 aliphatic carbocycles. The summed E-state index contributed by atoms with van der Waals surface area (Å²) in [7, 11) is 0. The Bertz CT molecular complexity index is 276. The van der Waals surface area contributed by atoms with Gasteiger partial charge >= 0.3 is 0 Å². The Kier molecular flexibility index (Phi) is 2.22. The molecule has 0 fully saturated rings. The van der Waals surface area contributed by atoms with Gasteiger partial charge in [-0.05, 0) is 24.3 Å². The molecule has 0 bridgehead atoms. The van der Waals surface area contributed by atoms with Gasteiger partial charge in [0.05, 0.1) is 0 Å². The fourth-order valence-corrected chi connectivity index (χ4v) is 2.33. The van der Waals surface area contributed by atoms with Crippen molar-refractivity contribution >= 4 is 11.8 Å². The molecule has 0 N–H and O–H groups in total. The summed E-state index contributed by atoms with van der Waals surface area (Å²) in [6.45, 7) is 2.13. The van der Waals surface area contributed by atoms with Gasteiger partial charge in [-0.2, -0.15) is 0 Å². The fraction of sp³-hybridized carbons (Fsp3) is 0.273. The molecule has 1 heterocycles. The normalized spacial score (nSPS) is 21.6. The van der Waals surface area contributed by atoms with Crippen molar-refractivity contribution in [3.8, 4) is 0 Å². The number of thioether (sulfide) groups is 1. The average molecular weight is 176 g/mol. The highest BCUT2D eigenvalue weighted by molar-refractivity contribution is 8.02. The van der Waals surface area contributed by atoms with Gasteiger partial charge in [-0.3, -0.25) is 0 Å². The van der Waals surface area contributed by atoms with Crippen LogP contribution in [-0.2, 0) is 0 Å². The maximum atomic E-state index is 2.25. The molecule has 62 valence electrons. The summed E-state index contributed by atoms with van der Waals surface area (Å²) < 4.78 is 0. The monoisotopic (exact) mass is 176 g/mol. The Morgan fingerprint density at radius 2 is 2.00 bits per heavy atom. The van der Waals surface area contributed by atoms with Crippen LogP contribution in [0.25, 0.3) is 0 Å². The third-order valence-electron chi connectivity index (χ3n) is 2.14. The van der Waals surface area contributed by atoms with E-state index in [0.717, 1.165) is 0 Å². The number of aryl methyl sites for hydroxylation is 1. The molecule has 0 saturated heterocycles. The molecule has 12 heavy (non-hydrogen) atoms. The molecule has 0 spiro atoms. The van der Waals surface area contributed by atoms with Crippen LogP contribution in [0.2, 0.25) is 0 Å². The van der Waals surface area contributed by atoms with Crippen molar-refractivity contribution < 1.29 is 0 Å². The van der Waals surface area contributed by atoms with Crippen LogP contribution in [-0.4, -0.2) is 0 Å². The molecule has 0 amide bonds. The second-order valence-electron chi connectivity index (χ2n) is 3.14. The van der Waals surface area contributed by atoms with Crippen molar-refractivity contribution in [2.45, 2.75) is 18.6 Å². The molecule has 1 aromatic rings. The molecule has 1 aliphatic heterocycles. The summed E-state index contributed by atoms with van der Waals surface area (Å²) in [5.74, 6) is 0. The first-order chi connectivity index (χ1) is 5.86. The van der Waals surface area contributed by atoms with Crippen molar-refractivity contribution in [1.29, 1.82) is 0 Å². The van der Waals surface area contributed by atoms with E-state index >= 15 is 0 Å². The molecule has 0 nitrogen and oxygen atoms in total. The Balaban J connectivity index is 2.18. The van der Waals surface area contributed by atoms with Crippen LogP contribution in [0.15, 0.2) is 35.7 Å². The first-order valence-electron chi connectivity index (χ1n) is 4.23. The quantitative estimate of drug-likeness (QED) is 0.629. The number of benzene rings is 1. The molecule has 1 heteroatoms. The molecule has 1 aromatic carbocycles. The molecule has 2 rings (SSSR count). The zero-order chi connectivity index (χ0) is 8.39. The van der Waals surface area contributed by atoms with Crippen LogP contribution in [0, 0.1) is 6.92 Å². The largest absolute Gasteiger partial charge is 0.126 e. The second kappa shape index (κ2) is 3.36. The highest BCUT2D eigenvalue weighted by Crippen LogP contribution is 2.38. The van der Waals surface area contributed by atoms with Gasteiger partial charge in [0.15, 0.2) is 0 Å². The minimum atomic E-state index is 0.672. The third kappa shape index (κ3) is 1.56. The summed E-state index contributed by atoms with van der Waals surface area (Å²) >= 11 is 1.92. The van der Waals surface area contributed by atoms with E-state index in [1.54, 1.807) is 0 Å². The minimum Gasteiger partial charge on any atom is -0.126 e. The Hall–Kier alpha value is -0.690. The Morgan fingerprint density at radius 3 is 2.58 bits per heavy atom. The van der Waals surface area contributed by atoms with E-state index in [-0.39, 0.29) is 0 Å². The average Bonchev–Trinajstić information content (AvgIpc) is 2.58. The van der Waals surface area contributed by atoms with Gasteiger partial charge in [0, 0.05) is 5.25 Å². The topological polar surface area (TPSA) is 0 Å². The van der Waals surface area contributed by atoms with Crippen molar-refractivity contribution in [2.75, 3.05) is 0 Å². The number of allylic oxidation sites excluding steroid dienone is 1. The Morgan fingerprint density at radius 1 is 1.25 bits per heavy atom. The molecule has 1 atom stereocenters. The van der Waals surface area contributed by atoms with Crippen molar-refractivity contribution in [1.82, 2.24) is 0 Å². The van der Waals surface area contributed by atoms with Crippen LogP contribution in [0.5, 0.6) is 0 Å². The van der Waals surface area contributed by atoms with E-state index in [9.17, 15) is 0 Å². The van der Waals surface area contributed by atoms with Gasteiger partial charge in [-0.25, -0.2) is 0 Å². The van der Waals surface area contributed by atoms with Crippen molar-refractivity contribution in [2.24, 2.45) is 0 Å². The smallest absolute Gasteiger partial charge is 0.0373 e. The standard InChI is InChI=1S/C11H12S/c1-9-4-6-10(7-5-9)11-3-2-8-12-11/h2,4-8,11H,3H2,1H3. The second-order valence-corrected chi connectivity index (χ2v) is 4.26. The van der Waals surface area contributed by atoms with Gasteiger partial charge in [0.25, 0.3) is 0 Å². The summed E-state index contributed by atoms with van der Waals surface area (Å²) in [4.78, 5) is 0. The lowest BCUT2D eigenvalue weighted by Crippen LogP contribution is -1.87. The molecule has 0 aromatic heterocycles. The molecular weight excluding hydrogens is 164 g/mol. The zero-order valence-electron chi connectivity index (χ0n) is 7.16. The first-order valence-corrected chi connectivity index (χ1v) is 5.17. The van der Waals surface area contributed by atoms with Crippen molar-refractivity contribution in [3.63, 3.8) is 0 Å². The summed E-state index contributed by atoms with van der Waals surface area (Å²) in [5, 5.41) is 2.87. The number of hydrogen-bond donors (Lipinski definition) is 0. The third-order valence-corrected chi connectivity index (χ3v) is 3.28. The SMILES string of the molecule is Cc1ccc(C2CC=CS2)cc1. The summed E-state index contributed by atoms with van der Waals surface area (Å²) in [6.07, 6.45) is 3.43. The predicted molar refractivity (Wildman–Crippen MR) is 55.3 cm³/mol. The van der Waals surface area contributed by atoms with E-state index in [0.29, 0.717) is 5.25 Å². The predicted octanol–water partition coefficient (Wildman–Crippen LogP) is 3.69. The number of rotatable bonds is 1. The van der Waals surface area contributed by atoms with Gasteiger partial charge in [-0.1, -0.05) is 35.9 Å². The van der Waals surface area contributed by atoms with Crippen LogP contribution < -0.4 is 0 Å². The summed E-state index contributed by atoms with van der Waals surface area (Å²) in [5.41, 5.74) is 2.80. The van der Waals surface area contributed by atoms with Gasteiger partial charge in [-0.15, -0.1) is 11.8 Å². The lowest BCUT2D eigenvalue weighted by atomic mass is 10.1. The lowest BCUT2D eigenvalue weighted by molar-refractivity contribution is 0.989. The van der Waals surface area contributed by atoms with E-state index in [1.807, 2.05) is 11.8 Å². The van der Waals surface area contributed by atoms with E-state index in [1.165, 1.54) is 17.5 Å². The maximum absolute atomic E-state index is 2.25. The molecule has 1 unspecified atom stereocenters. The molecule has 1 aliphatic rings. The summed E-state index contributed by atoms with van der Waals surface area (Å²) in [6, 6.07) is 8.85. The first kappa shape index (κ1) is 7.93. The van der Waals surface area contributed by atoms with Crippen LogP contribution in [0.3, 0.4) is 0 Å². The molecule has 0 saturated carbocycles. The fourth-order valence-electron chi connectivity index (χ4n) is 1.38. The van der Waals surface area contributed by atoms with Crippen molar-refractivity contribution in [3.05, 3.63) is 46.9 Å². The maximum Gasteiger partial charge on any atom is 0.0373 e. The molecule has 0 radical (unpaired) electrons. The highest BCUT2D eigenvalue weighted by Gasteiger charge is 2.12. The zero-order valence-corrected chi connectivity index (χ0v) is 7.97. The van der Waals surface area contributed by atoms with Crippen LogP contribution in [0.1, 0.15) is 22.8 Å². The van der Waals surface area contributed by atoms with Gasteiger partial charge in [0.2, 0.25) is 0 Å². The van der Waals surface area contributed by atoms with E-state index in [2.05, 4.69) is 42.7 Å². The molecular formula is C11H12S. The highest BCUT2D eigenvalue weighted by atomic mass is 32.2. The van der Waals surface area contributed by atoms with Crippen LogP contribution >= 0.6 is 11.8 Å².